The van der Waals surface area contributed by atoms with Gasteiger partial charge in [0.2, 0.25) is 0 Å². The quantitative estimate of drug-likeness (QED) is 0.915. The summed E-state index contributed by atoms with van der Waals surface area (Å²) in [5.41, 5.74) is 1.99. The summed E-state index contributed by atoms with van der Waals surface area (Å²) in [4.78, 5) is 30.8. The molecule has 2 aromatic rings. The fraction of sp³-hybridized carbons (Fsp3) is 0.450. The molecule has 2 aliphatic rings. The minimum Gasteiger partial charge on any atom is -0.481 e. The van der Waals surface area contributed by atoms with Crippen molar-refractivity contribution in [3.05, 3.63) is 41.3 Å². The van der Waals surface area contributed by atoms with Crippen molar-refractivity contribution < 1.29 is 19.1 Å². The van der Waals surface area contributed by atoms with Crippen molar-refractivity contribution in [3.63, 3.8) is 0 Å². The summed E-state index contributed by atoms with van der Waals surface area (Å²) in [7, 11) is 0. The maximum absolute atomic E-state index is 13.8. The molecule has 2 atom stereocenters. The van der Waals surface area contributed by atoms with Crippen molar-refractivity contribution in [2.24, 2.45) is 11.8 Å². The van der Waals surface area contributed by atoms with Crippen LogP contribution in [0.3, 0.4) is 0 Å². The van der Waals surface area contributed by atoms with Crippen LogP contribution in [0.15, 0.2) is 24.3 Å². The molecule has 1 saturated carbocycles. The number of aliphatic carboxylic acids is 1. The number of halogens is 1. The minimum atomic E-state index is -0.808. The van der Waals surface area contributed by atoms with E-state index in [4.69, 9.17) is 0 Å². The number of hydrogen-bond donors (Lipinski definition) is 1. The summed E-state index contributed by atoms with van der Waals surface area (Å²) in [6, 6.07) is 6.14. The number of carbonyl (C=O) groups excluding carboxylic acids is 1. The molecule has 1 N–H and O–H groups in total. The average Bonchev–Trinajstić information content (AvgIpc) is 3.45. The average molecular weight is 356 g/mol. The first-order chi connectivity index (χ1) is 12.4. The largest absolute Gasteiger partial charge is 0.481 e. The number of amides is 1. The third kappa shape index (κ3) is 3.04. The highest BCUT2D eigenvalue weighted by atomic mass is 19.1. The minimum absolute atomic E-state index is 0.113. The van der Waals surface area contributed by atoms with Crippen LogP contribution < -0.4 is 0 Å². The smallest absolute Gasteiger partial charge is 0.306 e. The molecule has 0 radical (unpaired) electrons. The molecule has 1 amide bonds. The van der Waals surface area contributed by atoms with Gasteiger partial charge in [-0.25, -0.2) is 4.39 Å². The van der Waals surface area contributed by atoms with Gasteiger partial charge in [0, 0.05) is 30.1 Å². The summed E-state index contributed by atoms with van der Waals surface area (Å²) in [5.74, 6) is -1.53. The first-order valence-electron chi connectivity index (χ1n) is 9.06. The lowest BCUT2D eigenvalue weighted by Gasteiger charge is -2.35. The fourth-order valence-electron chi connectivity index (χ4n) is 3.85. The van der Waals surface area contributed by atoms with Gasteiger partial charge in [-0.2, -0.15) is 0 Å². The van der Waals surface area contributed by atoms with Crippen molar-refractivity contribution >= 4 is 22.8 Å². The van der Waals surface area contributed by atoms with Gasteiger partial charge in [-0.05, 0) is 49.4 Å². The molecule has 26 heavy (non-hydrogen) atoms. The monoisotopic (exact) mass is 356 g/mol. The number of pyridine rings is 1. The van der Waals surface area contributed by atoms with E-state index in [2.05, 4.69) is 4.98 Å². The Hall–Kier alpha value is -2.50. The third-order valence-corrected chi connectivity index (χ3v) is 5.53. The summed E-state index contributed by atoms with van der Waals surface area (Å²) in [6.07, 6.45) is 2.57. The van der Waals surface area contributed by atoms with Crippen molar-refractivity contribution in [3.8, 4) is 0 Å². The number of aromatic nitrogens is 1. The molecule has 0 spiro atoms. The van der Waals surface area contributed by atoms with Gasteiger partial charge >= 0.3 is 5.97 Å². The second-order valence-corrected chi connectivity index (χ2v) is 7.49. The van der Waals surface area contributed by atoms with E-state index < -0.39 is 17.7 Å². The summed E-state index contributed by atoms with van der Waals surface area (Å²) in [6.45, 7) is 2.66. The number of fused-ring (bicyclic) bond motifs is 1. The molecule has 1 saturated heterocycles. The number of carboxylic acids is 1. The number of rotatable bonds is 3. The van der Waals surface area contributed by atoms with Crippen LogP contribution in [-0.2, 0) is 4.79 Å². The van der Waals surface area contributed by atoms with Crippen LogP contribution in [0.5, 0.6) is 0 Å². The highest BCUT2D eigenvalue weighted by Crippen LogP contribution is 2.40. The number of nitrogens with zero attached hydrogens (tertiary/aromatic N) is 2. The van der Waals surface area contributed by atoms with E-state index in [1.165, 1.54) is 12.1 Å². The lowest BCUT2D eigenvalue weighted by atomic mass is 9.86. The number of carboxylic acid groups (broad SMARTS) is 1. The first kappa shape index (κ1) is 16.9. The van der Waals surface area contributed by atoms with Crippen LogP contribution >= 0.6 is 0 Å². The zero-order valence-electron chi connectivity index (χ0n) is 14.6. The molecule has 2 heterocycles. The van der Waals surface area contributed by atoms with Crippen LogP contribution in [0.2, 0.25) is 0 Å². The number of piperidine rings is 1. The molecule has 1 aliphatic heterocycles. The zero-order valence-corrected chi connectivity index (χ0v) is 14.6. The molecular formula is C20H21FN2O3. The maximum Gasteiger partial charge on any atom is 0.306 e. The summed E-state index contributed by atoms with van der Waals surface area (Å²) in [5, 5.41) is 9.79. The molecule has 2 unspecified atom stereocenters. The Morgan fingerprint density at radius 1 is 1.23 bits per heavy atom. The van der Waals surface area contributed by atoms with E-state index in [0.29, 0.717) is 41.9 Å². The van der Waals surface area contributed by atoms with E-state index in [9.17, 15) is 19.1 Å². The Bertz CT molecular complexity index is 894. The van der Waals surface area contributed by atoms with Crippen LogP contribution in [0.25, 0.3) is 10.9 Å². The topological polar surface area (TPSA) is 70.5 Å². The number of hydrogen-bond acceptors (Lipinski definition) is 3. The standard InChI is InChI=1S/C20H21FN2O3/c1-11-10-23(7-6-14(11)20(25)26)19(24)16-9-18(12-2-3-12)22-17-5-4-13(21)8-15(16)17/h4-5,8-9,11-12,14H,2-3,6-7,10H2,1H3,(H,25,26). The SMILES string of the molecule is CC1CN(C(=O)c2cc(C3CC3)nc3ccc(F)cc23)CCC1C(=O)O. The normalized spacial score (nSPS) is 23.2. The van der Waals surface area contributed by atoms with E-state index >= 15 is 0 Å². The van der Waals surface area contributed by atoms with Crippen molar-refractivity contribution in [1.29, 1.82) is 0 Å². The molecule has 136 valence electrons. The van der Waals surface area contributed by atoms with Crippen molar-refractivity contribution in [2.45, 2.75) is 32.1 Å². The van der Waals surface area contributed by atoms with Gasteiger partial charge in [0.1, 0.15) is 5.82 Å². The van der Waals surface area contributed by atoms with E-state index in [0.717, 1.165) is 18.5 Å². The maximum atomic E-state index is 13.8. The summed E-state index contributed by atoms with van der Waals surface area (Å²) < 4.78 is 13.8. The first-order valence-corrected chi connectivity index (χ1v) is 9.06. The van der Waals surface area contributed by atoms with Crippen LogP contribution in [0.4, 0.5) is 4.39 Å². The van der Waals surface area contributed by atoms with E-state index in [-0.39, 0.29) is 11.8 Å². The molecule has 1 aliphatic carbocycles. The van der Waals surface area contributed by atoms with Gasteiger partial charge in [-0.3, -0.25) is 14.6 Å². The molecule has 1 aromatic carbocycles. The Morgan fingerprint density at radius 3 is 2.65 bits per heavy atom. The predicted octanol–water partition coefficient (Wildman–Crippen LogP) is 3.43. The highest BCUT2D eigenvalue weighted by molar-refractivity contribution is 6.06. The van der Waals surface area contributed by atoms with Gasteiger partial charge in [0.25, 0.3) is 5.91 Å². The lowest BCUT2D eigenvalue weighted by Crippen LogP contribution is -2.45. The Labute approximate surface area is 150 Å². The number of likely N-dealkylation sites (tertiary alicyclic amines) is 1. The Morgan fingerprint density at radius 2 is 2.00 bits per heavy atom. The summed E-state index contributed by atoms with van der Waals surface area (Å²) >= 11 is 0. The number of carbonyl (C=O) groups is 2. The van der Waals surface area contributed by atoms with E-state index in [1.54, 1.807) is 17.0 Å². The lowest BCUT2D eigenvalue weighted by molar-refractivity contribution is -0.145. The highest BCUT2D eigenvalue weighted by Gasteiger charge is 2.34. The van der Waals surface area contributed by atoms with Crippen molar-refractivity contribution in [1.82, 2.24) is 9.88 Å². The third-order valence-electron chi connectivity index (χ3n) is 5.53. The molecule has 4 rings (SSSR count). The van der Waals surface area contributed by atoms with Crippen LogP contribution in [0, 0.1) is 17.7 Å². The Balaban J connectivity index is 1.70. The zero-order chi connectivity index (χ0) is 18.4. The van der Waals surface area contributed by atoms with Crippen molar-refractivity contribution in [2.75, 3.05) is 13.1 Å². The van der Waals surface area contributed by atoms with Gasteiger partial charge in [0.15, 0.2) is 0 Å². The van der Waals surface area contributed by atoms with Crippen LogP contribution in [-0.4, -0.2) is 40.0 Å². The van der Waals surface area contributed by atoms with Gasteiger partial charge in [-0.1, -0.05) is 6.92 Å². The second kappa shape index (κ2) is 6.34. The molecule has 2 fully saturated rings. The van der Waals surface area contributed by atoms with Gasteiger partial charge in [-0.15, -0.1) is 0 Å². The number of benzene rings is 1. The van der Waals surface area contributed by atoms with E-state index in [1.807, 2.05) is 6.92 Å². The molecule has 6 heteroatoms. The molecular weight excluding hydrogens is 335 g/mol. The Kier molecular flexibility index (Phi) is 4.13. The molecule has 1 aromatic heterocycles. The van der Waals surface area contributed by atoms with Gasteiger partial charge in [0.05, 0.1) is 17.0 Å². The fourth-order valence-corrected chi connectivity index (χ4v) is 3.85. The van der Waals surface area contributed by atoms with Gasteiger partial charge < -0.3 is 10.0 Å². The predicted molar refractivity (Wildman–Crippen MR) is 94.5 cm³/mol. The van der Waals surface area contributed by atoms with Crippen LogP contribution in [0.1, 0.15) is 48.2 Å². The molecule has 5 nitrogen and oxygen atoms in total. The molecule has 0 bridgehead atoms. The second-order valence-electron chi connectivity index (χ2n) is 7.49.